The van der Waals surface area contributed by atoms with Gasteiger partial charge < -0.3 is 9.32 Å². The molecule has 0 saturated heterocycles. The Hall–Kier alpha value is -6.38. The van der Waals surface area contributed by atoms with Crippen molar-refractivity contribution in [2.24, 2.45) is 0 Å². The van der Waals surface area contributed by atoms with Crippen LogP contribution >= 0.6 is 0 Å². The second-order valence-electron chi connectivity index (χ2n) is 12.5. The van der Waals surface area contributed by atoms with Gasteiger partial charge in [0.05, 0.1) is 5.69 Å². The molecule has 48 heavy (non-hydrogen) atoms. The Balaban J connectivity index is 1.14. The quantitative estimate of drug-likeness (QED) is 0.184. The Morgan fingerprint density at radius 2 is 0.979 bits per heavy atom. The largest absolute Gasteiger partial charge is 0.456 e. The zero-order chi connectivity index (χ0) is 31.6. The van der Waals surface area contributed by atoms with Crippen LogP contribution < -0.4 is 4.90 Å². The highest BCUT2D eigenvalue weighted by molar-refractivity contribution is 6.23. The summed E-state index contributed by atoms with van der Waals surface area (Å²) >= 11 is 0. The van der Waals surface area contributed by atoms with Crippen LogP contribution in [0.4, 0.5) is 17.1 Å². The summed E-state index contributed by atoms with van der Waals surface area (Å²) in [6.45, 7) is 0. The van der Waals surface area contributed by atoms with Gasteiger partial charge in [-0.25, -0.2) is 0 Å². The number of nitrogens with zero attached hydrogens (tertiary/aromatic N) is 1. The predicted octanol–water partition coefficient (Wildman–Crippen LogP) is 13.3. The van der Waals surface area contributed by atoms with Crippen LogP contribution in [0.2, 0.25) is 0 Å². The SMILES string of the molecule is c1ccc(N(c2ccc(-c3cccc4c3ccc3ccc5ccccc5c34)cc2)c2cccc3c2ccc2oc4ccccc4c23)cc1. The van der Waals surface area contributed by atoms with Crippen LogP contribution in [0.1, 0.15) is 0 Å². The van der Waals surface area contributed by atoms with Gasteiger partial charge in [0.25, 0.3) is 0 Å². The van der Waals surface area contributed by atoms with Crippen molar-refractivity contribution in [3.05, 3.63) is 176 Å². The van der Waals surface area contributed by atoms with Crippen molar-refractivity contribution in [1.82, 2.24) is 0 Å². The number of fused-ring (bicyclic) bond motifs is 10. The molecule has 1 heterocycles. The van der Waals surface area contributed by atoms with E-state index in [1.54, 1.807) is 0 Å². The molecule has 0 atom stereocenters. The molecular weight excluding hydrogens is 583 g/mol. The Bertz CT molecular complexity index is 2830. The van der Waals surface area contributed by atoms with Gasteiger partial charge in [0.1, 0.15) is 11.2 Å². The second kappa shape index (κ2) is 10.6. The fourth-order valence-corrected chi connectivity index (χ4v) is 7.67. The normalized spacial score (nSPS) is 11.8. The lowest BCUT2D eigenvalue weighted by Crippen LogP contribution is -2.10. The maximum atomic E-state index is 6.25. The molecule has 0 saturated carbocycles. The highest BCUT2D eigenvalue weighted by atomic mass is 16.3. The summed E-state index contributed by atoms with van der Waals surface area (Å²) in [6.07, 6.45) is 0. The van der Waals surface area contributed by atoms with Gasteiger partial charge >= 0.3 is 0 Å². The summed E-state index contributed by atoms with van der Waals surface area (Å²) in [4.78, 5) is 2.36. The summed E-state index contributed by atoms with van der Waals surface area (Å²) in [5.41, 5.74) is 7.59. The maximum Gasteiger partial charge on any atom is 0.136 e. The van der Waals surface area contributed by atoms with Crippen LogP contribution in [-0.2, 0) is 0 Å². The van der Waals surface area contributed by atoms with E-state index < -0.39 is 0 Å². The highest BCUT2D eigenvalue weighted by Crippen LogP contribution is 2.43. The standard InChI is InChI=1S/C46H29NO/c1-2-11-33(12-3-1)47(42-18-9-17-40-38(42)28-29-44-46(40)41-14-6-7-19-43(41)48-44)34-25-22-31(23-26-34)35-15-8-16-39-37(35)27-24-32-21-20-30-10-4-5-13-36(30)45(32)39/h1-29H. The van der Waals surface area contributed by atoms with Crippen LogP contribution in [-0.4, -0.2) is 0 Å². The Kier molecular flexibility index (Phi) is 5.91. The average molecular weight is 612 g/mol. The van der Waals surface area contributed by atoms with Crippen LogP contribution in [0.3, 0.4) is 0 Å². The molecule has 2 heteroatoms. The molecule has 1 aromatic heterocycles. The molecule has 9 aromatic carbocycles. The van der Waals surface area contributed by atoms with Crippen molar-refractivity contribution in [2.75, 3.05) is 4.90 Å². The first-order valence-corrected chi connectivity index (χ1v) is 16.4. The summed E-state index contributed by atoms with van der Waals surface area (Å²) in [5, 5.41) is 12.3. The van der Waals surface area contributed by atoms with E-state index in [1.165, 1.54) is 54.2 Å². The third-order valence-electron chi connectivity index (χ3n) is 9.83. The van der Waals surface area contributed by atoms with Crippen molar-refractivity contribution >= 4 is 82.1 Å². The Labute approximate surface area is 277 Å². The van der Waals surface area contributed by atoms with Gasteiger partial charge in [0.2, 0.25) is 0 Å². The van der Waals surface area contributed by atoms with Crippen molar-refractivity contribution < 1.29 is 4.42 Å². The molecule has 10 rings (SSSR count). The van der Waals surface area contributed by atoms with Crippen LogP contribution in [0.15, 0.2) is 180 Å². The van der Waals surface area contributed by atoms with Crippen LogP contribution in [0.5, 0.6) is 0 Å². The molecular formula is C46H29NO. The summed E-state index contributed by atoms with van der Waals surface area (Å²) in [6, 6.07) is 63.3. The molecule has 0 aliphatic heterocycles. The Morgan fingerprint density at radius 1 is 0.333 bits per heavy atom. The van der Waals surface area contributed by atoms with Gasteiger partial charge in [-0.1, -0.05) is 127 Å². The number of hydrogen-bond donors (Lipinski definition) is 0. The number of anilines is 3. The fraction of sp³-hybridized carbons (Fsp3) is 0. The van der Waals surface area contributed by atoms with E-state index in [0.717, 1.165) is 39.0 Å². The molecule has 0 fully saturated rings. The summed E-state index contributed by atoms with van der Waals surface area (Å²) in [7, 11) is 0. The number of rotatable bonds is 4. The minimum Gasteiger partial charge on any atom is -0.456 e. The number of hydrogen-bond acceptors (Lipinski definition) is 2. The molecule has 0 unspecified atom stereocenters. The molecule has 2 nitrogen and oxygen atoms in total. The minimum atomic E-state index is 0.910. The van der Waals surface area contributed by atoms with Gasteiger partial charge in [-0.05, 0) is 97.4 Å². The van der Waals surface area contributed by atoms with Gasteiger partial charge in [-0.15, -0.1) is 0 Å². The molecule has 10 aromatic rings. The molecule has 0 amide bonds. The smallest absolute Gasteiger partial charge is 0.136 e. The molecule has 0 aliphatic rings. The fourth-order valence-electron chi connectivity index (χ4n) is 7.67. The topological polar surface area (TPSA) is 16.4 Å². The molecule has 0 bridgehead atoms. The van der Waals surface area contributed by atoms with Crippen LogP contribution in [0.25, 0.3) is 76.2 Å². The third-order valence-corrected chi connectivity index (χ3v) is 9.83. The lowest BCUT2D eigenvalue weighted by Gasteiger charge is -2.27. The molecule has 0 aliphatic carbocycles. The number of para-hydroxylation sites is 2. The monoisotopic (exact) mass is 611 g/mol. The maximum absolute atomic E-state index is 6.25. The zero-order valence-electron chi connectivity index (χ0n) is 26.1. The lowest BCUT2D eigenvalue weighted by molar-refractivity contribution is 0.669. The number of benzene rings is 9. The first-order chi connectivity index (χ1) is 23.8. The van der Waals surface area contributed by atoms with E-state index >= 15 is 0 Å². The van der Waals surface area contributed by atoms with Gasteiger partial charge in [0, 0.05) is 27.5 Å². The van der Waals surface area contributed by atoms with E-state index in [-0.39, 0.29) is 0 Å². The summed E-state index contributed by atoms with van der Waals surface area (Å²) < 4.78 is 6.25. The van der Waals surface area contributed by atoms with E-state index in [4.69, 9.17) is 4.42 Å². The molecule has 0 N–H and O–H groups in total. The van der Waals surface area contributed by atoms with E-state index in [2.05, 4.69) is 169 Å². The lowest BCUT2D eigenvalue weighted by atomic mass is 9.92. The van der Waals surface area contributed by atoms with E-state index in [1.807, 2.05) is 12.1 Å². The molecule has 224 valence electrons. The molecule has 0 spiro atoms. The number of furan rings is 1. The van der Waals surface area contributed by atoms with Gasteiger partial charge in [-0.2, -0.15) is 0 Å². The Morgan fingerprint density at radius 3 is 1.85 bits per heavy atom. The minimum absolute atomic E-state index is 0.910. The van der Waals surface area contributed by atoms with Gasteiger partial charge in [0.15, 0.2) is 0 Å². The first-order valence-electron chi connectivity index (χ1n) is 16.4. The highest BCUT2D eigenvalue weighted by Gasteiger charge is 2.18. The third kappa shape index (κ3) is 4.06. The first kappa shape index (κ1) is 26.8. The van der Waals surface area contributed by atoms with Crippen molar-refractivity contribution in [3.63, 3.8) is 0 Å². The van der Waals surface area contributed by atoms with Crippen LogP contribution in [0, 0.1) is 0 Å². The second-order valence-corrected chi connectivity index (χ2v) is 12.5. The summed E-state index contributed by atoms with van der Waals surface area (Å²) in [5.74, 6) is 0. The van der Waals surface area contributed by atoms with Gasteiger partial charge in [-0.3, -0.25) is 0 Å². The average Bonchev–Trinajstić information content (AvgIpc) is 3.55. The predicted molar refractivity (Wildman–Crippen MR) is 204 cm³/mol. The zero-order valence-corrected chi connectivity index (χ0v) is 26.1. The van der Waals surface area contributed by atoms with Crippen molar-refractivity contribution in [3.8, 4) is 11.1 Å². The van der Waals surface area contributed by atoms with E-state index in [0.29, 0.717) is 0 Å². The van der Waals surface area contributed by atoms with Crippen molar-refractivity contribution in [1.29, 1.82) is 0 Å². The van der Waals surface area contributed by atoms with Crippen molar-refractivity contribution in [2.45, 2.75) is 0 Å². The molecule has 0 radical (unpaired) electrons. The van der Waals surface area contributed by atoms with E-state index in [9.17, 15) is 0 Å².